The molecule has 2 radical (unpaired) electrons. The topological polar surface area (TPSA) is 29.5 Å². The fourth-order valence-electron chi connectivity index (χ4n) is 0. The molecule has 0 aromatic carbocycles. The third-order valence-electron chi connectivity index (χ3n) is 0.187. The minimum Gasteiger partial charge on any atom is -0.358 e. The molecule has 28 valence electrons. The second-order valence-electron chi connectivity index (χ2n) is 0.485. The molecule has 0 aromatic rings. The Hall–Kier alpha value is 0.415. The summed E-state index contributed by atoms with van der Waals surface area (Å²) in [4.78, 5) is 7.98. The van der Waals surface area contributed by atoms with Gasteiger partial charge in [0, 0.05) is 7.11 Å². The molecular formula is CH4BO2P. The molecule has 1 unspecified atom stereocenters. The Kier molecular flexibility index (Phi) is 2.86. The van der Waals surface area contributed by atoms with Crippen LogP contribution in [0.4, 0.5) is 0 Å². The number of hydrogen-bond acceptors (Lipinski definition) is 2. The summed E-state index contributed by atoms with van der Waals surface area (Å²) < 4.78 is 4.15. The Morgan fingerprint density at radius 2 is 2.20 bits per heavy atom. The van der Waals surface area contributed by atoms with E-state index in [1.165, 1.54) is 7.11 Å². The van der Waals surface area contributed by atoms with Gasteiger partial charge in [0.05, 0.1) is 8.25 Å². The zero-order chi connectivity index (χ0) is 4.28. The van der Waals surface area contributed by atoms with Crippen LogP contribution in [0.25, 0.3) is 0 Å². The summed E-state index contributed by atoms with van der Waals surface area (Å²) in [5.41, 5.74) is 0. The molecule has 0 heterocycles. The van der Waals surface area contributed by atoms with Gasteiger partial charge in [-0.05, 0) is 0 Å². The van der Waals surface area contributed by atoms with E-state index >= 15 is 0 Å². The van der Waals surface area contributed by atoms with Crippen molar-refractivity contribution >= 4 is 15.8 Å². The molecule has 0 fully saturated rings. The van der Waals surface area contributed by atoms with E-state index in [2.05, 4.69) is 12.1 Å². The van der Waals surface area contributed by atoms with Gasteiger partial charge in [0.15, 0.2) is 7.57 Å². The maximum Gasteiger partial charge on any atom is 0.188 e. The highest BCUT2D eigenvalue weighted by molar-refractivity contribution is 7.73. The molecule has 0 spiro atoms. The molecule has 4 heteroatoms. The number of hydrogen-bond donors (Lipinski definition) is 1. The third kappa shape index (κ3) is 4.41. The highest BCUT2D eigenvalue weighted by Crippen LogP contribution is 2.20. The van der Waals surface area contributed by atoms with E-state index in [0.29, 0.717) is 0 Å². The molecule has 5 heavy (non-hydrogen) atoms. The molecule has 0 saturated heterocycles. The van der Waals surface area contributed by atoms with Gasteiger partial charge in [-0.2, -0.15) is 0 Å². The van der Waals surface area contributed by atoms with Crippen molar-refractivity contribution in [3.8, 4) is 0 Å². The van der Waals surface area contributed by atoms with Crippen LogP contribution in [0, 0.1) is 0 Å². The molecule has 0 bridgehead atoms. The smallest absolute Gasteiger partial charge is 0.188 e. The van der Waals surface area contributed by atoms with E-state index in [1.54, 1.807) is 0 Å². The van der Waals surface area contributed by atoms with Gasteiger partial charge in [0.2, 0.25) is 0 Å². The zero-order valence-electron chi connectivity index (χ0n) is 2.88. The van der Waals surface area contributed by atoms with Crippen molar-refractivity contribution < 1.29 is 9.42 Å². The van der Waals surface area contributed by atoms with E-state index in [0.717, 1.165) is 0 Å². The van der Waals surface area contributed by atoms with Crippen molar-refractivity contribution in [1.29, 1.82) is 0 Å². The van der Waals surface area contributed by atoms with Crippen LogP contribution in [0.2, 0.25) is 0 Å². The highest BCUT2D eigenvalue weighted by Gasteiger charge is 1.81. The fraction of sp³-hybridized carbons (Fsp3) is 1.00. The summed E-state index contributed by atoms with van der Waals surface area (Å²) >= 11 is 0. The quantitative estimate of drug-likeness (QED) is 0.363. The summed E-state index contributed by atoms with van der Waals surface area (Å²) in [5, 5.41) is 0. The van der Waals surface area contributed by atoms with Crippen molar-refractivity contribution in [1.82, 2.24) is 0 Å². The average Bonchev–Trinajstić information content (AvgIpc) is 1.38. The van der Waals surface area contributed by atoms with Gasteiger partial charge in [0.1, 0.15) is 0 Å². The van der Waals surface area contributed by atoms with Gasteiger partial charge in [-0.1, -0.05) is 0 Å². The third-order valence-corrected chi connectivity index (χ3v) is 0.561. The van der Waals surface area contributed by atoms with Gasteiger partial charge in [-0.15, -0.1) is 0 Å². The van der Waals surface area contributed by atoms with Crippen LogP contribution >= 0.6 is 8.25 Å². The molecular weight excluding hydrogens is 85.8 g/mol. The van der Waals surface area contributed by atoms with Gasteiger partial charge >= 0.3 is 0 Å². The van der Waals surface area contributed by atoms with Crippen molar-refractivity contribution in [2.75, 3.05) is 7.11 Å². The highest BCUT2D eigenvalue weighted by atomic mass is 31.2. The van der Waals surface area contributed by atoms with Gasteiger partial charge in [-0.3, -0.25) is 0 Å². The largest absolute Gasteiger partial charge is 0.358 e. The summed E-state index contributed by atoms with van der Waals surface area (Å²) in [5.74, 6) is 0. The first-order chi connectivity index (χ1) is 2.27. The lowest BCUT2D eigenvalue weighted by atomic mass is 10.8. The first-order valence-corrected chi connectivity index (χ1v) is 2.33. The Balaban J connectivity index is 2.54. The first-order valence-electron chi connectivity index (χ1n) is 1.05. The van der Waals surface area contributed by atoms with E-state index in [4.69, 9.17) is 4.89 Å². The summed E-state index contributed by atoms with van der Waals surface area (Å²) in [7, 11) is 4.44. The van der Waals surface area contributed by atoms with Crippen molar-refractivity contribution in [2.24, 2.45) is 0 Å². The van der Waals surface area contributed by atoms with Crippen LogP contribution < -0.4 is 0 Å². The fourth-order valence-corrected chi connectivity index (χ4v) is 0. The van der Waals surface area contributed by atoms with Crippen LogP contribution in [-0.2, 0) is 4.52 Å². The monoisotopic (exact) mass is 90.0 g/mol. The average molecular weight is 89.8 g/mol. The second kappa shape index (κ2) is 2.64. The van der Waals surface area contributed by atoms with E-state index in [1.807, 2.05) is 0 Å². The molecule has 0 saturated carbocycles. The number of rotatable bonds is 1. The predicted molar refractivity (Wildman–Crippen MR) is 21.9 cm³/mol. The standard InChI is InChI=1S/CH4BO2P/c1-4-5(2)3/h3H,1H3. The van der Waals surface area contributed by atoms with Crippen LogP contribution in [0.5, 0.6) is 0 Å². The molecule has 0 aliphatic rings. The van der Waals surface area contributed by atoms with Crippen LogP contribution in [0.1, 0.15) is 0 Å². The maximum atomic E-state index is 7.98. The van der Waals surface area contributed by atoms with Gasteiger partial charge in [-0.25, -0.2) is 0 Å². The minimum atomic E-state index is -1.60. The molecule has 2 nitrogen and oxygen atoms in total. The lowest BCUT2D eigenvalue weighted by Crippen LogP contribution is -1.68. The Labute approximate surface area is 33.4 Å². The van der Waals surface area contributed by atoms with Crippen LogP contribution in [-0.4, -0.2) is 19.6 Å². The Morgan fingerprint density at radius 3 is 2.20 bits per heavy atom. The SMILES string of the molecule is [B]P(O)OC. The molecule has 1 atom stereocenters. The van der Waals surface area contributed by atoms with Gasteiger partial charge in [0.25, 0.3) is 0 Å². The van der Waals surface area contributed by atoms with E-state index in [-0.39, 0.29) is 0 Å². The minimum absolute atomic E-state index is 1.35. The van der Waals surface area contributed by atoms with Crippen molar-refractivity contribution in [3.63, 3.8) is 0 Å². The Morgan fingerprint density at radius 1 is 2.00 bits per heavy atom. The van der Waals surface area contributed by atoms with Gasteiger partial charge < -0.3 is 9.42 Å². The van der Waals surface area contributed by atoms with Crippen LogP contribution in [0.3, 0.4) is 0 Å². The lowest BCUT2D eigenvalue weighted by molar-refractivity contribution is 0.406. The maximum absolute atomic E-state index is 7.98. The summed E-state index contributed by atoms with van der Waals surface area (Å²) in [6.45, 7) is 0. The normalized spacial score (nSPS) is 14.8. The lowest BCUT2D eigenvalue weighted by Gasteiger charge is -1.93. The van der Waals surface area contributed by atoms with E-state index < -0.39 is 8.25 Å². The first kappa shape index (κ1) is 5.41. The molecule has 1 N–H and O–H groups in total. The predicted octanol–water partition coefficient (Wildman–Crippen LogP) is 0.0205. The molecule has 0 aromatic heterocycles. The summed E-state index contributed by atoms with van der Waals surface area (Å²) in [6.07, 6.45) is 0. The molecule has 0 aliphatic carbocycles. The molecule has 0 rings (SSSR count). The second-order valence-corrected chi connectivity index (χ2v) is 1.46. The van der Waals surface area contributed by atoms with E-state index in [9.17, 15) is 0 Å². The zero-order valence-corrected chi connectivity index (χ0v) is 3.77. The van der Waals surface area contributed by atoms with Crippen molar-refractivity contribution in [2.45, 2.75) is 0 Å². The molecule has 0 aliphatic heterocycles. The van der Waals surface area contributed by atoms with Crippen LogP contribution in [0.15, 0.2) is 0 Å². The van der Waals surface area contributed by atoms with Crippen molar-refractivity contribution in [3.05, 3.63) is 0 Å². The Bertz CT molecular complexity index is 23.6. The molecule has 0 amide bonds. The summed E-state index contributed by atoms with van der Waals surface area (Å²) in [6, 6.07) is 0.